The normalized spacial score (nSPS) is 39.1. The van der Waals surface area contributed by atoms with E-state index in [2.05, 4.69) is 6.92 Å². The van der Waals surface area contributed by atoms with Crippen molar-refractivity contribution in [2.45, 2.75) is 70.5 Å². The van der Waals surface area contributed by atoms with Gasteiger partial charge in [-0.2, -0.15) is 0 Å². The average Bonchev–Trinajstić information content (AvgIpc) is 2.92. The number of Topliss-reactive ketones (excluding diaryl/α,β-unsaturated/α-hetero) is 1. The van der Waals surface area contributed by atoms with Crippen LogP contribution in [0.4, 0.5) is 0 Å². The first kappa shape index (κ1) is 14.0. The van der Waals surface area contributed by atoms with E-state index in [0.29, 0.717) is 24.9 Å². The van der Waals surface area contributed by atoms with Crippen LogP contribution >= 0.6 is 0 Å². The summed E-state index contributed by atoms with van der Waals surface area (Å²) in [5.74, 6) is 0.518. The van der Waals surface area contributed by atoms with Crippen molar-refractivity contribution >= 4 is 5.78 Å². The Hall–Kier alpha value is -0.670. The first-order valence-corrected chi connectivity index (χ1v) is 8.67. The van der Waals surface area contributed by atoms with Crippen LogP contribution in [-0.2, 0) is 14.3 Å². The standard InChI is InChI=1S/C18H26O3/c1-17-8-9-18(20-10-11-21-18)12-14(17)7-6-13-4-2-3-5-15(13)16(17)19/h14H,2-12H2,1H3/t14-,17+/m1/s1. The second kappa shape index (κ2) is 4.92. The highest BCUT2D eigenvalue weighted by Crippen LogP contribution is 2.54. The third-order valence-electron chi connectivity index (χ3n) is 6.47. The summed E-state index contributed by atoms with van der Waals surface area (Å²) in [4.78, 5) is 13.2. The molecule has 1 saturated carbocycles. The molecule has 0 bridgehead atoms. The molecule has 3 nitrogen and oxygen atoms in total. The SMILES string of the molecule is C[C@]12CCC3(C[C@H]1CCC1=C(CCCC1)C2=O)OCCO3. The van der Waals surface area contributed by atoms with Gasteiger partial charge in [0.15, 0.2) is 11.6 Å². The second-order valence-corrected chi connectivity index (χ2v) is 7.58. The van der Waals surface area contributed by atoms with E-state index in [0.717, 1.165) is 44.9 Å². The lowest BCUT2D eigenvalue weighted by atomic mass is 9.61. The van der Waals surface area contributed by atoms with Gasteiger partial charge in [-0.3, -0.25) is 4.79 Å². The smallest absolute Gasteiger partial charge is 0.168 e. The molecule has 0 aromatic carbocycles. The molecule has 2 fully saturated rings. The Morgan fingerprint density at radius 2 is 1.81 bits per heavy atom. The molecule has 116 valence electrons. The minimum absolute atomic E-state index is 0.172. The van der Waals surface area contributed by atoms with Crippen molar-refractivity contribution in [2.75, 3.05) is 13.2 Å². The summed E-state index contributed by atoms with van der Waals surface area (Å²) in [6.45, 7) is 3.64. The largest absolute Gasteiger partial charge is 0.348 e. The van der Waals surface area contributed by atoms with Crippen LogP contribution < -0.4 is 0 Å². The molecule has 4 aliphatic rings. The van der Waals surface area contributed by atoms with E-state index in [4.69, 9.17) is 9.47 Å². The van der Waals surface area contributed by atoms with Crippen LogP contribution in [0.1, 0.15) is 64.7 Å². The van der Waals surface area contributed by atoms with Crippen LogP contribution in [0, 0.1) is 11.3 Å². The van der Waals surface area contributed by atoms with Crippen LogP contribution in [0.2, 0.25) is 0 Å². The van der Waals surface area contributed by atoms with Crippen LogP contribution in [0.15, 0.2) is 11.1 Å². The van der Waals surface area contributed by atoms with Gasteiger partial charge in [0.2, 0.25) is 0 Å². The predicted molar refractivity (Wildman–Crippen MR) is 79.8 cm³/mol. The monoisotopic (exact) mass is 290 g/mol. The Morgan fingerprint density at radius 1 is 1.05 bits per heavy atom. The number of carbonyl (C=O) groups is 1. The number of carbonyl (C=O) groups excluding carboxylic acids is 1. The number of fused-ring (bicyclic) bond motifs is 1. The van der Waals surface area contributed by atoms with Crippen LogP contribution in [-0.4, -0.2) is 24.8 Å². The second-order valence-electron chi connectivity index (χ2n) is 7.58. The number of rotatable bonds is 0. The first-order chi connectivity index (χ1) is 10.1. The fourth-order valence-electron chi connectivity index (χ4n) is 5.05. The van der Waals surface area contributed by atoms with Crippen molar-refractivity contribution in [3.63, 3.8) is 0 Å². The number of hydrogen-bond donors (Lipinski definition) is 0. The Labute approximate surface area is 127 Å². The minimum atomic E-state index is -0.366. The van der Waals surface area contributed by atoms with E-state index in [9.17, 15) is 4.79 Å². The minimum Gasteiger partial charge on any atom is -0.348 e. The summed E-state index contributed by atoms with van der Waals surface area (Å²) >= 11 is 0. The molecular weight excluding hydrogens is 264 g/mol. The fraction of sp³-hybridized carbons (Fsp3) is 0.833. The summed E-state index contributed by atoms with van der Waals surface area (Å²) < 4.78 is 11.8. The van der Waals surface area contributed by atoms with Gasteiger partial charge in [0.25, 0.3) is 0 Å². The van der Waals surface area contributed by atoms with Gasteiger partial charge >= 0.3 is 0 Å². The number of allylic oxidation sites excluding steroid dienone is 2. The topological polar surface area (TPSA) is 35.5 Å². The maximum absolute atomic E-state index is 13.2. The number of ketones is 1. The molecule has 1 heterocycles. The molecule has 0 aromatic rings. The maximum Gasteiger partial charge on any atom is 0.168 e. The molecule has 0 N–H and O–H groups in total. The predicted octanol–water partition coefficient (Wildman–Crippen LogP) is 3.77. The van der Waals surface area contributed by atoms with Gasteiger partial charge in [-0.1, -0.05) is 12.5 Å². The van der Waals surface area contributed by atoms with Crippen LogP contribution in [0.25, 0.3) is 0 Å². The average molecular weight is 290 g/mol. The molecule has 0 aromatic heterocycles. The van der Waals surface area contributed by atoms with E-state index in [1.807, 2.05) is 0 Å². The van der Waals surface area contributed by atoms with Crippen molar-refractivity contribution in [2.24, 2.45) is 11.3 Å². The van der Waals surface area contributed by atoms with E-state index in [1.165, 1.54) is 24.0 Å². The van der Waals surface area contributed by atoms with Gasteiger partial charge in [-0.25, -0.2) is 0 Å². The van der Waals surface area contributed by atoms with Gasteiger partial charge in [0, 0.05) is 18.3 Å². The molecule has 1 spiro atoms. The summed E-state index contributed by atoms with van der Waals surface area (Å²) in [5, 5.41) is 0. The molecule has 0 amide bonds. The number of hydrogen-bond acceptors (Lipinski definition) is 3. The quantitative estimate of drug-likeness (QED) is 0.681. The summed E-state index contributed by atoms with van der Waals surface area (Å²) in [5.41, 5.74) is 2.51. The maximum atomic E-state index is 13.2. The highest BCUT2D eigenvalue weighted by Gasteiger charge is 2.54. The molecule has 2 atom stereocenters. The molecular formula is C18H26O3. The summed E-state index contributed by atoms with van der Waals surface area (Å²) in [7, 11) is 0. The third-order valence-corrected chi connectivity index (χ3v) is 6.47. The fourth-order valence-corrected chi connectivity index (χ4v) is 5.05. The van der Waals surface area contributed by atoms with Crippen LogP contribution in [0.5, 0.6) is 0 Å². The summed E-state index contributed by atoms with van der Waals surface area (Å²) in [6, 6.07) is 0. The Balaban J connectivity index is 1.64. The van der Waals surface area contributed by atoms with Gasteiger partial charge in [-0.15, -0.1) is 0 Å². The zero-order valence-corrected chi connectivity index (χ0v) is 13.1. The molecule has 1 aliphatic heterocycles. The van der Waals surface area contributed by atoms with Gasteiger partial charge in [0.1, 0.15) is 0 Å². The molecule has 1 saturated heterocycles. The Kier molecular flexibility index (Phi) is 3.27. The van der Waals surface area contributed by atoms with Crippen molar-refractivity contribution in [3.05, 3.63) is 11.1 Å². The van der Waals surface area contributed by atoms with Crippen LogP contribution in [0.3, 0.4) is 0 Å². The first-order valence-electron chi connectivity index (χ1n) is 8.67. The third kappa shape index (κ3) is 2.12. The molecule has 0 radical (unpaired) electrons. The van der Waals surface area contributed by atoms with Crippen molar-refractivity contribution in [3.8, 4) is 0 Å². The lowest BCUT2D eigenvalue weighted by Crippen LogP contribution is -2.48. The van der Waals surface area contributed by atoms with Gasteiger partial charge < -0.3 is 9.47 Å². The molecule has 3 heteroatoms. The molecule has 3 aliphatic carbocycles. The molecule has 21 heavy (non-hydrogen) atoms. The molecule has 4 rings (SSSR count). The Morgan fingerprint density at radius 3 is 2.62 bits per heavy atom. The zero-order valence-electron chi connectivity index (χ0n) is 13.1. The zero-order chi connectivity index (χ0) is 14.5. The van der Waals surface area contributed by atoms with Crippen molar-refractivity contribution in [1.82, 2.24) is 0 Å². The lowest BCUT2D eigenvalue weighted by Gasteiger charge is -2.46. The van der Waals surface area contributed by atoms with E-state index in [1.54, 1.807) is 0 Å². The van der Waals surface area contributed by atoms with Crippen molar-refractivity contribution < 1.29 is 14.3 Å². The van der Waals surface area contributed by atoms with Crippen molar-refractivity contribution in [1.29, 1.82) is 0 Å². The Bertz CT molecular complexity index is 487. The number of ether oxygens (including phenoxy) is 2. The van der Waals surface area contributed by atoms with Gasteiger partial charge in [0.05, 0.1) is 13.2 Å². The highest BCUT2D eigenvalue weighted by molar-refractivity contribution is 6.01. The van der Waals surface area contributed by atoms with E-state index < -0.39 is 0 Å². The van der Waals surface area contributed by atoms with E-state index >= 15 is 0 Å². The van der Waals surface area contributed by atoms with Gasteiger partial charge in [-0.05, 0) is 56.4 Å². The highest BCUT2D eigenvalue weighted by atomic mass is 16.7. The molecule has 0 unspecified atom stereocenters. The lowest BCUT2D eigenvalue weighted by molar-refractivity contribution is -0.205. The summed E-state index contributed by atoms with van der Waals surface area (Å²) in [6.07, 6.45) is 9.62. The van der Waals surface area contributed by atoms with E-state index in [-0.39, 0.29) is 11.2 Å².